The smallest absolute Gasteiger partial charge is 0.0781 e. The average molecular weight is 234 g/mol. The molecule has 0 saturated carbocycles. The van der Waals surface area contributed by atoms with Crippen molar-refractivity contribution in [2.75, 3.05) is 26.4 Å². The molecule has 4 heteroatoms. The molecule has 0 radical (unpaired) electrons. The van der Waals surface area contributed by atoms with Crippen LogP contribution in [0.4, 0.5) is 0 Å². The van der Waals surface area contributed by atoms with Crippen LogP contribution in [-0.4, -0.2) is 49.8 Å². The summed E-state index contributed by atoms with van der Waals surface area (Å²) in [5.41, 5.74) is 0. The van der Waals surface area contributed by atoms with E-state index in [1.165, 1.54) is 0 Å². The van der Waals surface area contributed by atoms with Gasteiger partial charge < -0.3 is 19.3 Å². The zero-order valence-corrected chi connectivity index (χ0v) is 10.9. The Hall–Kier alpha value is -0.160. The molecule has 0 aliphatic rings. The lowest BCUT2D eigenvalue weighted by molar-refractivity contribution is -0.0666. The van der Waals surface area contributed by atoms with Crippen molar-refractivity contribution < 1.29 is 19.3 Å². The van der Waals surface area contributed by atoms with Crippen LogP contribution in [0.25, 0.3) is 0 Å². The highest BCUT2D eigenvalue weighted by molar-refractivity contribution is 4.53. The molecule has 0 amide bonds. The summed E-state index contributed by atoms with van der Waals surface area (Å²) in [5.74, 6) is 0. The molecule has 1 N–H and O–H groups in total. The topological polar surface area (TPSA) is 47.9 Å². The summed E-state index contributed by atoms with van der Waals surface area (Å²) in [5, 5.41) is 8.59. The maximum atomic E-state index is 8.59. The Kier molecular flexibility index (Phi) is 9.92. The molecule has 0 aliphatic heterocycles. The Morgan fingerprint density at radius 1 is 0.875 bits per heavy atom. The number of hydrogen-bond donors (Lipinski definition) is 1. The van der Waals surface area contributed by atoms with E-state index in [4.69, 9.17) is 19.3 Å². The highest BCUT2D eigenvalue weighted by Crippen LogP contribution is 2.00. The molecule has 4 nitrogen and oxygen atoms in total. The molecule has 0 aromatic rings. The molecule has 16 heavy (non-hydrogen) atoms. The minimum atomic E-state index is 0.0630. The highest BCUT2D eigenvalue weighted by atomic mass is 16.6. The van der Waals surface area contributed by atoms with Gasteiger partial charge in [0, 0.05) is 13.2 Å². The Bertz CT molecular complexity index is 150. The van der Waals surface area contributed by atoms with E-state index in [1.807, 2.05) is 27.7 Å². The number of ether oxygens (including phenoxy) is 3. The zero-order valence-electron chi connectivity index (χ0n) is 10.9. The highest BCUT2D eigenvalue weighted by Gasteiger charge is 2.07. The van der Waals surface area contributed by atoms with E-state index < -0.39 is 0 Å². The fraction of sp³-hybridized carbons (Fsp3) is 1.00. The molecular formula is C12H26O4. The lowest BCUT2D eigenvalue weighted by atomic mass is 10.4. The molecule has 0 rings (SSSR count). The molecule has 0 saturated heterocycles. The lowest BCUT2D eigenvalue weighted by Gasteiger charge is -2.18. The van der Waals surface area contributed by atoms with Crippen LogP contribution in [0.1, 0.15) is 34.1 Å². The summed E-state index contributed by atoms with van der Waals surface area (Å²) in [6.07, 6.45) is 1.07. The van der Waals surface area contributed by atoms with Crippen molar-refractivity contribution >= 4 is 0 Å². The van der Waals surface area contributed by atoms with Crippen LogP contribution in [0.3, 0.4) is 0 Å². The van der Waals surface area contributed by atoms with Gasteiger partial charge in [0.1, 0.15) is 0 Å². The second kappa shape index (κ2) is 10.0. The quantitative estimate of drug-likeness (QED) is 0.583. The first-order valence-corrected chi connectivity index (χ1v) is 6.02. The van der Waals surface area contributed by atoms with Crippen LogP contribution in [0.2, 0.25) is 0 Å². The third-order valence-electron chi connectivity index (χ3n) is 1.98. The van der Waals surface area contributed by atoms with Gasteiger partial charge in [-0.3, -0.25) is 0 Å². The van der Waals surface area contributed by atoms with E-state index in [0.29, 0.717) is 26.2 Å². The van der Waals surface area contributed by atoms with Crippen LogP contribution in [0, 0.1) is 0 Å². The Morgan fingerprint density at radius 3 is 2.00 bits per heavy atom. The predicted molar refractivity (Wildman–Crippen MR) is 63.6 cm³/mol. The van der Waals surface area contributed by atoms with Gasteiger partial charge in [-0.1, -0.05) is 0 Å². The maximum absolute atomic E-state index is 8.59. The SMILES string of the molecule is CC(C)OCC(C)OCC(C)OCCCO. The standard InChI is InChI=1S/C12H26O4/c1-10(2)15-8-12(4)16-9-11(3)14-7-5-6-13/h10-13H,5-9H2,1-4H3. The largest absolute Gasteiger partial charge is 0.396 e. The minimum absolute atomic E-state index is 0.0630. The van der Waals surface area contributed by atoms with Gasteiger partial charge in [0.05, 0.1) is 31.5 Å². The van der Waals surface area contributed by atoms with Gasteiger partial charge in [0.2, 0.25) is 0 Å². The summed E-state index contributed by atoms with van der Waals surface area (Å²) in [6.45, 7) is 9.90. The third-order valence-corrected chi connectivity index (χ3v) is 1.98. The Labute approximate surface area is 98.9 Å². The van der Waals surface area contributed by atoms with E-state index in [0.717, 1.165) is 0 Å². The van der Waals surface area contributed by atoms with Crippen molar-refractivity contribution in [1.29, 1.82) is 0 Å². The van der Waals surface area contributed by atoms with Gasteiger partial charge in [-0.25, -0.2) is 0 Å². The second-order valence-corrected chi connectivity index (χ2v) is 4.28. The molecule has 0 aliphatic carbocycles. The average Bonchev–Trinajstić information content (AvgIpc) is 2.24. The molecule has 0 heterocycles. The van der Waals surface area contributed by atoms with Crippen molar-refractivity contribution in [3.63, 3.8) is 0 Å². The summed E-state index contributed by atoms with van der Waals surface area (Å²) in [6, 6.07) is 0. The normalized spacial score (nSPS) is 15.4. The lowest BCUT2D eigenvalue weighted by Crippen LogP contribution is -2.24. The summed E-state index contributed by atoms with van der Waals surface area (Å²) in [7, 11) is 0. The van der Waals surface area contributed by atoms with Gasteiger partial charge in [0.25, 0.3) is 0 Å². The second-order valence-electron chi connectivity index (χ2n) is 4.28. The first-order chi connectivity index (χ1) is 7.56. The monoisotopic (exact) mass is 234 g/mol. The number of hydrogen-bond acceptors (Lipinski definition) is 4. The van der Waals surface area contributed by atoms with Gasteiger partial charge in [-0.2, -0.15) is 0 Å². The van der Waals surface area contributed by atoms with Crippen molar-refractivity contribution in [1.82, 2.24) is 0 Å². The van der Waals surface area contributed by atoms with Crippen molar-refractivity contribution in [3.05, 3.63) is 0 Å². The molecule has 0 bridgehead atoms. The van der Waals surface area contributed by atoms with Crippen LogP contribution < -0.4 is 0 Å². The van der Waals surface area contributed by atoms with E-state index >= 15 is 0 Å². The van der Waals surface area contributed by atoms with Crippen LogP contribution in [0.5, 0.6) is 0 Å². The molecule has 2 unspecified atom stereocenters. The number of aliphatic hydroxyl groups excluding tert-OH is 1. The number of rotatable bonds is 10. The minimum Gasteiger partial charge on any atom is -0.396 e. The van der Waals surface area contributed by atoms with E-state index in [9.17, 15) is 0 Å². The molecule has 0 aromatic carbocycles. The predicted octanol–water partition coefficient (Wildman–Crippen LogP) is 1.60. The third kappa shape index (κ3) is 10.4. The van der Waals surface area contributed by atoms with Crippen LogP contribution >= 0.6 is 0 Å². The maximum Gasteiger partial charge on any atom is 0.0781 e. The van der Waals surface area contributed by atoms with Crippen LogP contribution in [0.15, 0.2) is 0 Å². The van der Waals surface area contributed by atoms with Crippen molar-refractivity contribution in [2.45, 2.75) is 52.4 Å². The van der Waals surface area contributed by atoms with Gasteiger partial charge in [-0.15, -0.1) is 0 Å². The van der Waals surface area contributed by atoms with Crippen molar-refractivity contribution in [2.24, 2.45) is 0 Å². The molecule has 0 fully saturated rings. The fourth-order valence-corrected chi connectivity index (χ4v) is 1.07. The first kappa shape index (κ1) is 15.8. The first-order valence-electron chi connectivity index (χ1n) is 6.02. The van der Waals surface area contributed by atoms with Crippen LogP contribution in [-0.2, 0) is 14.2 Å². The van der Waals surface area contributed by atoms with Crippen molar-refractivity contribution in [3.8, 4) is 0 Å². The molecule has 98 valence electrons. The summed E-state index contributed by atoms with van der Waals surface area (Å²) >= 11 is 0. The molecular weight excluding hydrogens is 208 g/mol. The summed E-state index contributed by atoms with van der Waals surface area (Å²) < 4.78 is 16.4. The fourth-order valence-electron chi connectivity index (χ4n) is 1.07. The number of aliphatic hydroxyl groups is 1. The van der Waals surface area contributed by atoms with E-state index in [-0.39, 0.29) is 24.9 Å². The van der Waals surface area contributed by atoms with E-state index in [1.54, 1.807) is 0 Å². The van der Waals surface area contributed by atoms with Gasteiger partial charge in [-0.05, 0) is 34.1 Å². The summed E-state index contributed by atoms with van der Waals surface area (Å²) in [4.78, 5) is 0. The van der Waals surface area contributed by atoms with Gasteiger partial charge in [0.15, 0.2) is 0 Å². The Balaban J connectivity index is 3.39. The molecule has 2 atom stereocenters. The van der Waals surface area contributed by atoms with E-state index in [2.05, 4.69) is 0 Å². The molecule has 0 spiro atoms. The zero-order chi connectivity index (χ0) is 12.4. The van der Waals surface area contributed by atoms with Gasteiger partial charge >= 0.3 is 0 Å². The molecule has 0 aromatic heterocycles. The Morgan fingerprint density at radius 2 is 1.44 bits per heavy atom.